The molecule has 2 rings (SSSR count). The van der Waals surface area contributed by atoms with Crippen molar-refractivity contribution in [1.29, 1.82) is 0 Å². The molecule has 1 aliphatic carbocycles. The van der Waals surface area contributed by atoms with E-state index in [2.05, 4.69) is 37.5 Å². The summed E-state index contributed by atoms with van der Waals surface area (Å²) in [5.74, 6) is 1.05. The van der Waals surface area contributed by atoms with Crippen molar-refractivity contribution in [3.05, 3.63) is 16.1 Å². The van der Waals surface area contributed by atoms with Gasteiger partial charge in [0.2, 0.25) is 0 Å². The molecule has 1 aromatic rings. The second-order valence-corrected chi connectivity index (χ2v) is 4.77. The van der Waals surface area contributed by atoms with Gasteiger partial charge in [-0.1, -0.05) is 0 Å². The Bertz CT molecular complexity index is 330. The van der Waals surface area contributed by atoms with Crippen LogP contribution in [0.4, 0.5) is 5.82 Å². The molecular formula is C10H14IN3O. The maximum Gasteiger partial charge on any atom is 0.145 e. The zero-order valence-electron chi connectivity index (χ0n) is 8.69. The molecule has 0 aromatic carbocycles. The van der Waals surface area contributed by atoms with Gasteiger partial charge in [-0.05, 0) is 35.4 Å². The lowest BCUT2D eigenvalue weighted by Crippen LogP contribution is -2.31. The zero-order chi connectivity index (χ0) is 10.7. The summed E-state index contributed by atoms with van der Waals surface area (Å²) >= 11 is 2.28. The van der Waals surface area contributed by atoms with E-state index in [0.29, 0.717) is 6.04 Å². The first-order valence-electron chi connectivity index (χ1n) is 5.04. The Kier molecular flexibility index (Phi) is 3.74. The summed E-state index contributed by atoms with van der Waals surface area (Å²) in [4.78, 5) is 10.7. The lowest BCUT2D eigenvalue weighted by Gasteiger charge is -2.23. The van der Waals surface area contributed by atoms with Crippen molar-refractivity contribution >= 4 is 28.4 Å². The fraction of sp³-hybridized carbons (Fsp3) is 0.600. The molecule has 0 aliphatic heterocycles. The minimum absolute atomic E-state index is 0.656. The summed E-state index contributed by atoms with van der Waals surface area (Å²) in [7, 11) is 1.73. The second kappa shape index (κ2) is 5.07. The third kappa shape index (κ3) is 2.78. The van der Waals surface area contributed by atoms with E-state index in [-0.39, 0.29) is 0 Å². The van der Waals surface area contributed by atoms with Crippen LogP contribution in [0.25, 0.3) is 0 Å². The smallest absolute Gasteiger partial charge is 0.145 e. The molecule has 15 heavy (non-hydrogen) atoms. The predicted octanol–water partition coefficient (Wildman–Crippen LogP) is 1.70. The van der Waals surface area contributed by atoms with Crippen LogP contribution in [0.15, 0.2) is 12.5 Å². The molecule has 1 aliphatic rings. The molecule has 0 radical (unpaired) electrons. The summed E-state index contributed by atoms with van der Waals surface area (Å²) in [5, 5.41) is 0. The molecule has 1 fully saturated rings. The molecule has 5 heteroatoms. The van der Waals surface area contributed by atoms with E-state index < -0.39 is 0 Å². The van der Waals surface area contributed by atoms with Crippen LogP contribution < -0.4 is 4.90 Å². The van der Waals surface area contributed by atoms with E-state index in [9.17, 15) is 0 Å². The van der Waals surface area contributed by atoms with Gasteiger partial charge in [0.15, 0.2) is 0 Å². The van der Waals surface area contributed by atoms with E-state index in [4.69, 9.17) is 4.74 Å². The minimum Gasteiger partial charge on any atom is -0.383 e. The highest BCUT2D eigenvalue weighted by atomic mass is 127. The average molecular weight is 319 g/mol. The highest BCUT2D eigenvalue weighted by molar-refractivity contribution is 14.1. The van der Waals surface area contributed by atoms with Crippen molar-refractivity contribution in [2.45, 2.75) is 18.9 Å². The van der Waals surface area contributed by atoms with Crippen molar-refractivity contribution < 1.29 is 4.74 Å². The Morgan fingerprint density at radius 3 is 3.00 bits per heavy atom. The zero-order valence-corrected chi connectivity index (χ0v) is 10.8. The number of hydrogen-bond donors (Lipinski definition) is 0. The van der Waals surface area contributed by atoms with Gasteiger partial charge in [-0.2, -0.15) is 0 Å². The maximum absolute atomic E-state index is 5.12. The second-order valence-electron chi connectivity index (χ2n) is 3.61. The number of anilines is 1. The van der Waals surface area contributed by atoms with Crippen LogP contribution in [0.1, 0.15) is 12.8 Å². The fourth-order valence-corrected chi connectivity index (χ4v) is 2.16. The molecule has 82 valence electrons. The number of rotatable bonds is 5. The summed E-state index contributed by atoms with van der Waals surface area (Å²) in [6.45, 7) is 1.66. The van der Waals surface area contributed by atoms with Crippen LogP contribution in [0, 0.1) is 3.57 Å². The minimum atomic E-state index is 0.656. The van der Waals surface area contributed by atoms with Gasteiger partial charge in [-0.15, -0.1) is 0 Å². The van der Waals surface area contributed by atoms with Gasteiger partial charge in [0.1, 0.15) is 12.1 Å². The van der Waals surface area contributed by atoms with Crippen molar-refractivity contribution in [1.82, 2.24) is 9.97 Å². The molecule has 0 N–H and O–H groups in total. The Balaban J connectivity index is 2.13. The number of nitrogens with zero attached hydrogens (tertiary/aromatic N) is 3. The molecule has 0 spiro atoms. The van der Waals surface area contributed by atoms with Gasteiger partial charge in [-0.3, -0.25) is 0 Å². The van der Waals surface area contributed by atoms with Gasteiger partial charge in [0.25, 0.3) is 0 Å². The largest absolute Gasteiger partial charge is 0.383 e. The highest BCUT2D eigenvalue weighted by Crippen LogP contribution is 2.32. The number of hydrogen-bond acceptors (Lipinski definition) is 4. The first kappa shape index (κ1) is 11.1. The lowest BCUT2D eigenvalue weighted by molar-refractivity contribution is 0.204. The van der Waals surface area contributed by atoms with Crippen LogP contribution in [0.2, 0.25) is 0 Å². The molecule has 0 bridgehead atoms. The van der Waals surface area contributed by atoms with E-state index in [1.54, 1.807) is 13.4 Å². The summed E-state index contributed by atoms with van der Waals surface area (Å²) < 4.78 is 6.23. The molecular weight excluding hydrogens is 305 g/mol. The van der Waals surface area contributed by atoms with Crippen molar-refractivity contribution in [3.63, 3.8) is 0 Å². The van der Waals surface area contributed by atoms with Gasteiger partial charge >= 0.3 is 0 Å². The maximum atomic E-state index is 5.12. The van der Waals surface area contributed by atoms with Crippen LogP contribution in [-0.2, 0) is 4.74 Å². The third-order valence-corrected chi connectivity index (χ3v) is 3.21. The third-order valence-electron chi connectivity index (χ3n) is 2.44. The SMILES string of the molecule is COCCN(c1ncncc1I)C1CC1. The standard InChI is InChI=1S/C10H14IN3O/c1-15-5-4-14(8-2-3-8)10-9(11)6-12-7-13-10/h6-8H,2-5H2,1H3. The monoisotopic (exact) mass is 319 g/mol. The number of ether oxygens (including phenoxy) is 1. The molecule has 0 unspecified atom stereocenters. The van der Waals surface area contributed by atoms with Crippen LogP contribution in [0.3, 0.4) is 0 Å². The first-order chi connectivity index (χ1) is 7.33. The van der Waals surface area contributed by atoms with Gasteiger partial charge < -0.3 is 9.64 Å². The number of methoxy groups -OCH3 is 1. The quantitative estimate of drug-likeness (QED) is 0.774. The number of halogens is 1. The normalized spacial score (nSPS) is 15.3. The van der Waals surface area contributed by atoms with Crippen LogP contribution in [0.5, 0.6) is 0 Å². The highest BCUT2D eigenvalue weighted by Gasteiger charge is 2.30. The van der Waals surface area contributed by atoms with E-state index >= 15 is 0 Å². The van der Waals surface area contributed by atoms with Gasteiger partial charge in [0.05, 0.1) is 10.2 Å². The first-order valence-corrected chi connectivity index (χ1v) is 6.12. The Morgan fingerprint density at radius 2 is 2.40 bits per heavy atom. The van der Waals surface area contributed by atoms with E-state index in [1.807, 2.05) is 6.20 Å². The van der Waals surface area contributed by atoms with Crippen LogP contribution >= 0.6 is 22.6 Å². The molecule has 0 saturated heterocycles. The van der Waals surface area contributed by atoms with Gasteiger partial charge in [-0.25, -0.2) is 9.97 Å². The molecule has 1 saturated carbocycles. The Hall–Kier alpha value is -0.430. The van der Waals surface area contributed by atoms with Crippen molar-refractivity contribution in [2.24, 2.45) is 0 Å². The summed E-state index contributed by atoms with van der Waals surface area (Å²) in [6.07, 6.45) is 6.00. The van der Waals surface area contributed by atoms with E-state index in [0.717, 1.165) is 22.5 Å². The van der Waals surface area contributed by atoms with E-state index in [1.165, 1.54) is 12.8 Å². The summed E-state index contributed by atoms with van der Waals surface area (Å²) in [6, 6.07) is 0.656. The van der Waals surface area contributed by atoms with Crippen molar-refractivity contribution in [2.75, 3.05) is 25.2 Å². The number of aromatic nitrogens is 2. The molecule has 4 nitrogen and oxygen atoms in total. The molecule has 1 heterocycles. The molecule has 0 amide bonds. The Labute approximate surface area is 103 Å². The Morgan fingerprint density at radius 1 is 1.60 bits per heavy atom. The van der Waals surface area contributed by atoms with Crippen molar-refractivity contribution in [3.8, 4) is 0 Å². The van der Waals surface area contributed by atoms with Gasteiger partial charge in [0, 0.05) is 25.9 Å². The topological polar surface area (TPSA) is 38.2 Å². The average Bonchev–Trinajstić information content (AvgIpc) is 3.05. The molecule has 0 atom stereocenters. The molecule has 1 aromatic heterocycles. The lowest BCUT2D eigenvalue weighted by atomic mass is 10.4. The summed E-state index contributed by atoms with van der Waals surface area (Å²) in [5.41, 5.74) is 0. The predicted molar refractivity (Wildman–Crippen MR) is 67.0 cm³/mol. The fourth-order valence-electron chi connectivity index (χ4n) is 1.55. The van der Waals surface area contributed by atoms with Crippen LogP contribution in [-0.4, -0.2) is 36.3 Å².